The van der Waals surface area contributed by atoms with Gasteiger partial charge >= 0.3 is 0 Å². The minimum atomic E-state index is -3.60. The first-order valence-electron chi connectivity index (χ1n) is 4.95. The average Bonchev–Trinajstić information content (AvgIpc) is 2.77. The zero-order valence-corrected chi connectivity index (χ0v) is 12.2. The Kier molecular flexibility index (Phi) is 4.17. The molecule has 2 aromatic rings. The zero-order valence-electron chi connectivity index (χ0n) is 9.06. The van der Waals surface area contributed by atoms with Crippen LogP contribution in [0.4, 0.5) is 5.69 Å². The van der Waals surface area contributed by atoms with E-state index in [0.717, 1.165) is 16.9 Å². The van der Waals surface area contributed by atoms with Crippen LogP contribution in [-0.2, 0) is 15.9 Å². The fourth-order valence-corrected chi connectivity index (χ4v) is 4.19. The van der Waals surface area contributed by atoms with Crippen molar-refractivity contribution in [3.05, 3.63) is 46.3 Å². The summed E-state index contributed by atoms with van der Waals surface area (Å²) in [7, 11) is -3.60. The molecule has 1 heterocycles. The van der Waals surface area contributed by atoms with Crippen LogP contribution in [0.5, 0.6) is 0 Å². The molecule has 1 aromatic heterocycles. The first-order valence-corrected chi connectivity index (χ1v) is 8.16. The van der Waals surface area contributed by atoms with Crippen molar-refractivity contribution in [3.63, 3.8) is 0 Å². The first kappa shape index (κ1) is 13.7. The first-order chi connectivity index (χ1) is 8.53. The van der Waals surface area contributed by atoms with Crippen LogP contribution in [0, 0.1) is 0 Å². The number of hydrogen-bond donors (Lipinski definition) is 1. The van der Waals surface area contributed by atoms with Crippen molar-refractivity contribution in [2.45, 2.75) is 10.1 Å². The summed E-state index contributed by atoms with van der Waals surface area (Å²) in [6.45, 7) is 0. The molecule has 2 rings (SSSR count). The zero-order chi connectivity index (χ0) is 13.2. The molecule has 18 heavy (non-hydrogen) atoms. The van der Waals surface area contributed by atoms with Crippen LogP contribution in [0.15, 0.2) is 40.6 Å². The molecule has 1 aromatic carbocycles. The molecule has 0 aliphatic rings. The van der Waals surface area contributed by atoms with Gasteiger partial charge in [0, 0.05) is 5.88 Å². The molecule has 0 bridgehead atoms. The lowest BCUT2D eigenvalue weighted by atomic mass is 10.2. The van der Waals surface area contributed by atoms with E-state index in [1.165, 1.54) is 6.07 Å². The van der Waals surface area contributed by atoms with Gasteiger partial charge in [-0.15, -0.1) is 22.9 Å². The lowest BCUT2D eigenvalue weighted by Gasteiger charge is -2.09. The Morgan fingerprint density at radius 2 is 1.89 bits per heavy atom. The molecule has 3 nitrogen and oxygen atoms in total. The summed E-state index contributed by atoms with van der Waals surface area (Å²) in [5.41, 5.74) is 1.21. The molecule has 1 N–H and O–H groups in total. The largest absolute Gasteiger partial charge is 0.279 e. The second kappa shape index (κ2) is 5.48. The molecule has 7 heteroatoms. The molecule has 0 saturated carbocycles. The number of hydrogen-bond acceptors (Lipinski definition) is 3. The maximum absolute atomic E-state index is 12.1. The maximum Gasteiger partial charge on any atom is 0.271 e. The maximum atomic E-state index is 12.1. The summed E-state index contributed by atoms with van der Waals surface area (Å²) in [5.74, 6) is 0.240. The average molecular weight is 322 g/mol. The molecule has 0 fully saturated rings. The van der Waals surface area contributed by atoms with E-state index < -0.39 is 10.0 Å². The lowest BCUT2D eigenvalue weighted by Crippen LogP contribution is -2.12. The number of nitrogens with one attached hydrogen (secondary N) is 1. The Labute approximate surface area is 119 Å². The number of rotatable bonds is 4. The van der Waals surface area contributed by atoms with E-state index in [2.05, 4.69) is 4.72 Å². The third kappa shape index (κ3) is 2.98. The number of sulfonamides is 1. The van der Waals surface area contributed by atoms with Gasteiger partial charge in [-0.05, 0) is 23.8 Å². The topological polar surface area (TPSA) is 46.2 Å². The van der Waals surface area contributed by atoms with Crippen LogP contribution < -0.4 is 4.72 Å². The predicted octanol–water partition coefficient (Wildman–Crippen LogP) is 3.94. The summed E-state index contributed by atoms with van der Waals surface area (Å²) in [5, 5.41) is 0. The van der Waals surface area contributed by atoms with Gasteiger partial charge < -0.3 is 0 Å². The Hall–Kier alpha value is -0.750. The van der Waals surface area contributed by atoms with Crippen LogP contribution in [0.1, 0.15) is 5.56 Å². The fourth-order valence-electron chi connectivity index (χ4n) is 1.37. The van der Waals surface area contributed by atoms with Crippen LogP contribution >= 0.6 is 34.5 Å². The van der Waals surface area contributed by atoms with Crippen molar-refractivity contribution in [2.24, 2.45) is 0 Å². The standard InChI is InChI=1S/C11H9Cl2NO2S2/c12-7-8-3-1-2-4-9(8)14-18(15,16)11-6-5-10(13)17-11/h1-6,14H,7H2. The van der Waals surface area contributed by atoms with Crippen LogP contribution in [0.25, 0.3) is 0 Å². The minimum absolute atomic E-state index is 0.178. The number of alkyl halides is 1. The number of benzene rings is 1. The van der Waals surface area contributed by atoms with E-state index in [-0.39, 0.29) is 10.1 Å². The summed E-state index contributed by atoms with van der Waals surface area (Å²) in [4.78, 5) is 0. The fraction of sp³-hybridized carbons (Fsp3) is 0.0909. The van der Waals surface area contributed by atoms with Gasteiger partial charge in [-0.1, -0.05) is 29.8 Å². The normalized spacial score (nSPS) is 11.4. The Balaban J connectivity index is 2.33. The summed E-state index contributed by atoms with van der Waals surface area (Å²) < 4.78 is 27.3. The van der Waals surface area contributed by atoms with Crippen molar-refractivity contribution < 1.29 is 8.42 Å². The third-order valence-corrected chi connectivity index (χ3v) is 5.60. The van der Waals surface area contributed by atoms with E-state index in [1.54, 1.807) is 30.3 Å². The predicted molar refractivity (Wildman–Crippen MR) is 76.1 cm³/mol. The Bertz CT molecular complexity index is 653. The highest BCUT2D eigenvalue weighted by Crippen LogP contribution is 2.28. The van der Waals surface area contributed by atoms with E-state index in [0.29, 0.717) is 10.0 Å². The molecule has 96 valence electrons. The van der Waals surface area contributed by atoms with Crippen molar-refractivity contribution in [3.8, 4) is 0 Å². The van der Waals surface area contributed by atoms with Crippen LogP contribution in [0.3, 0.4) is 0 Å². The molecule has 0 atom stereocenters. The molecule has 0 spiro atoms. The molecule has 0 aliphatic heterocycles. The van der Waals surface area contributed by atoms with Crippen LogP contribution in [0.2, 0.25) is 4.34 Å². The molecule has 0 saturated heterocycles. The van der Waals surface area contributed by atoms with Gasteiger partial charge in [0.05, 0.1) is 10.0 Å². The summed E-state index contributed by atoms with van der Waals surface area (Å²) in [6.07, 6.45) is 0. The Morgan fingerprint density at radius 3 is 2.50 bits per heavy atom. The van der Waals surface area contributed by atoms with Gasteiger partial charge in [0.15, 0.2) is 0 Å². The second-order valence-corrected chi connectivity index (χ2v) is 7.35. The second-order valence-electron chi connectivity index (χ2n) is 3.45. The molecule has 0 amide bonds. The number of para-hydroxylation sites is 1. The van der Waals surface area contributed by atoms with E-state index >= 15 is 0 Å². The molecule has 0 unspecified atom stereocenters. The summed E-state index contributed by atoms with van der Waals surface area (Å²) >= 11 is 12.5. The smallest absolute Gasteiger partial charge is 0.271 e. The van der Waals surface area contributed by atoms with Gasteiger partial charge in [-0.2, -0.15) is 0 Å². The van der Waals surface area contributed by atoms with Crippen molar-refractivity contribution in [2.75, 3.05) is 4.72 Å². The Morgan fingerprint density at radius 1 is 1.17 bits per heavy atom. The molecular weight excluding hydrogens is 313 g/mol. The van der Waals surface area contributed by atoms with E-state index in [4.69, 9.17) is 23.2 Å². The molecule has 0 radical (unpaired) electrons. The third-order valence-electron chi connectivity index (χ3n) is 2.22. The van der Waals surface area contributed by atoms with Gasteiger partial charge in [0.2, 0.25) is 0 Å². The number of thiophene rings is 1. The van der Waals surface area contributed by atoms with E-state index in [9.17, 15) is 8.42 Å². The highest BCUT2D eigenvalue weighted by Gasteiger charge is 2.17. The van der Waals surface area contributed by atoms with Crippen molar-refractivity contribution in [1.29, 1.82) is 0 Å². The number of anilines is 1. The van der Waals surface area contributed by atoms with Gasteiger partial charge in [0.25, 0.3) is 10.0 Å². The number of halogens is 2. The highest BCUT2D eigenvalue weighted by atomic mass is 35.5. The van der Waals surface area contributed by atoms with Gasteiger partial charge in [0.1, 0.15) is 4.21 Å². The van der Waals surface area contributed by atoms with Crippen molar-refractivity contribution in [1.82, 2.24) is 0 Å². The minimum Gasteiger partial charge on any atom is -0.279 e. The lowest BCUT2D eigenvalue weighted by molar-refractivity contribution is 0.603. The quantitative estimate of drug-likeness (QED) is 0.867. The van der Waals surface area contributed by atoms with Crippen LogP contribution in [-0.4, -0.2) is 8.42 Å². The molecule has 0 aliphatic carbocycles. The van der Waals surface area contributed by atoms with Crippen molar-refractivity contribution >= 4 is 50.2 Å². The molecular formula is C11H9Cl2NO2S2. The summed E-state index contributed by atoms with van der Waals surface area (Å²) in [6, 6.07) is 10.0. The van der Waals surface area contributed by atoms with Gasteiger partial charge in [-0.25, -0.2) is 8.42 Å². The highest BCUT2D eigenvalue weighted by molar-refractivity contribution is 7.94. The SMILES string of the molecule is O=S(=O)(Nc1ccccc1CCl)c1ccc(Cl)s1. The van der Waals surface area contributed by atoms with Gasteiger partial charge in [-0.3, -0.25) is 4.72 Å². The monoisotopic (exact) mass is 321 g/mol. The van der Waals surface area contributed by atoms with E-state index in [1.807, 2.05) is 0 Å².